The fourth-order valence-electron chi connectivity index (χ4n) is 2.16. The fourth-order valence-corrected chi connectivity index (χ4v) is 3.11. The lowest BCUT2D eigenvalue weighted by atomic mass is 9.98. The molecule has 1 atom stereocenters. The van der Waals surface area contributed by atoms with Gasteiger partial charge in [0.1, 0.15) is 6.10 Å². The van der Waals surface area contributed by atoms with Gasteiger partial charge in [-0.05, 0) is 19.9 Å². The molecule has 0 amide bonds. The van der Waals surface area contributed by atoms with Gasteiger partial charge in [0.05, 0.1) is 22.7 Å². The maximum Gasteiger partial charge on any atom is 0.106 e. The van der Waals surface area contributed by atoms with Gasteiger partial charge in [-0.25, -0.2) is 4.98 Å². The number of hydrogen-bond donors (Lipinski definition) is 1. The first-order chi connectivity index (χ1) is 6.86. The molecule has 0 saturated heterocycles. The minimum atomic E-state index is 0.230. The van der Waals surface area contributed by atoms with Gasteiger partial charge in [-0.3, -0.25) is 0 Å². The van der Waals surface area contributed by atoms with E-state index in [9.17, 15) is 0 Å². The van der Waals surface area contributed by atoms with Crippen LogP contribution in [0.15, 0.2) is 5.51 Å². The van der Waals surface area contributed by atoms with Crippen molar-refractivity contribution in [2.45, 2.75) is 24.4 Å². The maximum atomic E-state index is 5.89. The molecule has 1 aromatic rings. The van der Waals surface area contributed by atoms with Crippen molar-refractivity contribution in [2.24, 2.45) is 0 Å². The van der Waals surface area contributed by atoms with Crippen molar-refractivity contribution in [3.8, 4) is 0 Å². The molecule has 1 N–H and O–H groups in total. The summed E-state index contributed by atoms with van der Waals surface area (Å²) >= 11 is 1.74. The molecular formula is C10H14N2OS. The molecule has 4 heteroatoms. The largest absolute Gasteiger partial charge is 0.370 e. The van der Waals surface area contributed by atoms with Crippen LogP contribution >= 0.6 is 11.3 Å². The molecular weight excluding hydrogens is 196 g/mol. The Balaban J connectivity index is 1.96. The lowest BCUT2D eigenvalue weighted by Gasteiger charge is -2.28. The van der Waals surface area contributed by atoms with Gasteiger partial charge in [-0.1, -0.05) is 0 Å². The van der Waals surface area contributed by atoms with Crippen LogP contribution in [-0.2, 0) is 10.2 Å². The Morgan fingerprint density at radius 2 is 2.57 bits per heavy atom. The molecule has 1 aliphatic heterocycles. The number of ether oxygens (including phenoxy) is 1. The van der Waals surface area contributed by atoms with E-state index in [-0.39, 0.29) is 6.10 Å². The molecule has 1 unspecified atom stereocenters. The molecule has 3 rings (SSSR count). The third-order valence-electron chi connectivity index (χ3n) is 3.19. The summed E-state index contributed by atoms with van der Waals surface area (Å²) in [6.07, 6.45) is 2.75. The number of nitrogens with zero attached hydrogens (tertiary/aromatic N) is 1. The van der Waals surface area contributed by atoms with Gasteiger partial charge < -0.3 is 10.1 Å². The Labute approximate surface area is 87.5 Å². The monoisotopic (exact) mass is 210 g/mol. The second-order valence-corrected chi connectivity index (χ2v) is 5.09. The van der Waals surface area contributed by atoms with Gasteiger partial charge in [0.2, 0.25) is 0 Å². The first kappa shape index (κ1) is 8.83. The molecule has 1 aromatic heterocycles. The quantitative estimate of drug-likeness (QED) is 0.802. The smallest absolute Gasteiger partial charge is 0.106 e. The first-order valence-electron chi connectivity index (χ1n) is 5.06. The minimum absolute atomic E-state index is 0.230. The highest BCUT2D eigenvalue weighted by molar-refractivity contribution is 7.09. The predicted octanol–water partition coefficient (Wildman–Crippen LogP) is 1.47. The van der Waals surface area contributed by atoms with Crippen molar-refractivity contribution in [3.05, 3.63) is 16.1 Å². The van der Waals surface area contributed by atoms with E-state index in [0.29, 0.717) is 5.41 Å². The van der Waals surface area contributed by atoms with Crippen molar-refractivity contribution < 1.29 is 4.74 Å². The molecule has 2 heterocycles. The van der Waals surface area contributed by atoms with Crippen molar-refractivity contribution in [2.75, 3.05) is 20.2 Å². The number of hydrogen-bond acceptors (Lipinski definition) is 4. The Morgan fingerprint density at radius 3 is 3.29 bits per heavy atom. The van der Waals surface area contributed by atoms with Gasteiger partial charge in [0.25, 0.3) is 0 Å². The zero-order valence-corrected chi connectivity index (χ0v) is 9.06. The average Bonchev–Trinajstić information content (AvgIpc) is 2.78. The molecule has 14 heavy (non-hydrogen) atoms. The highest BCUT2D eigenvalue weighted by atomic mass is 32.1. The first-order valence-corrected chi connectivity index (χ1v) is 5.94. The number of thiazole rings is 1. The van der Waals surface area contributed by atoms with Gasteiger partial charge in [0.15, 0.2) is 0 Å². The second kappa shape index (κ2) is 3.02. The van der Waals surface area contributed by atoms with Crippen LogP contribution in [0.2, 0.25) is 0 Å². The maximum absolute atomic E-state index is 5.89. The van der Waals surface area contributed by atoms with Crippen LogP contribution < -0.4 is 5.32 Å². The van der Waals surface area contributed by atoms with Crippen molar-refractivity contribution >= 4 is 11.3 Å². The summed E-state index contributed by atoms with van der Waals surface area (Å²) in [6.45, 7) is 1.77. The van der Waals surface area contributed by atoms with Gasteiger partial charge in [-0.15, -0.1) is 11.3 Å². The molecule has 76 valence electrons. The van der Waals surface area contributed by atoms with Crippen LogP contribution in [0.4, 0.5) is 0 Å². The predicted molar refractivity (Wildman–Crippen MR) is 55.6 cm³/mol. The van der Waals surface area contributed by atoms with Crippen LogP contribution in [0.25, 0.3) is 0 Å². The zero-order chi connectivity index (χ0) is 9.60. The number of fused-ring (bicyclic) bond motifs is 2. The number of aromatic nitrogens is 1. The van der Waals surface area contributed by atoms with Gasteiger partial charge >= 0.3 is 0 Å². The molecule has 0 radical (unpaired) electrons. The van der Waals surface area contributed by atoms with Crippen LogP contribution in [0.3, 0.4) is 0 Å². The summed E-state index contributed by atoms with van der Waals surface area (Å²) < 4.78 is 5.89. The van der Waals surface area contributed by atoms with Crippen molar-refractivity contribution in [1.82, 2.24) is 10.3 Å². The minimum Gasteiger partial charge on any atom is -0.370 e. The summed E-state index contributed by atoms with van der Waals surface area (Å²) in [5, 5.41) is 3.17. The summed E-state index contributed by atoms with van der Waals surface area (Å²) in [5.74, 6) is 0. The summed E-state index contributed by atoms with van der Waals surface area (Å²) in [5.41, 5.74) is 3.61. The van der Waals surface area contributed by atoms with E-state index in [2.05, 4.69) is 10.3 Å². The van der Waals surface area contributed by atoms with E-state index in [4.69, 9.17) is 4.74 Å². The SMILES string of the molecule is CNCC1OCC2(CC2)c2ncsc21. The third kappa shape index (κ3) is 1.14. The summed E-state index contributed by atoms with van der Waals surface area (Å²) in [6, 6.07) is 0. The Kier molecular flexibility index (Phi) is 1.90. The average molecular weight is 210 g/mol. The number of nitrogens with one attached hydrogen (secondary N) is 1. The highest BCUT2D eigenvalue weighted by Gasteiger charge is 2.51. The second-order valence-electron chi connectivity index (χ2n) is 4.20. The highest BCUT2D eigenvalue weighted by Crippen LogP contribution is 2.54. The van der Waals surface area contributed by atoms with Crippen LogP contribution in [0.5, 0.6) is 0 Å². The Morgan fingerprint density at radius 1 is 1.71 bits per heavy atom. The van der Waals surface area contributed by atoms with Crippen molar-refractivity contribution in [3.63, 3.8) is 0 Å². The molecule has 1 spiro atoms. The van der Waals surface area contributed by atoms with Crippen LogP contribution in [-0.4, -0.2) is 25.2 Å². The fraction of sp³-hybridized carbons (Fsp3) is 0.700. The van der Waals surface area contributed by atoms with E-state index in [1.165, 1.54) is 23.4 Å². The van der Waals surface area contributed by atoms with Crippen LogP contribution in [0, 0.1) is 0 Å². The Bertz CT molecular complexity index is 346. The zero-order valence-electron chi connectivity index (χ0n) is 8.25. The molecule has 2 aliphatic rings. The van der Waals surface area contributed by atoms with Crippen LogP contribution in [0.1, 0.15) is 29.5 Å². The molecule has 1 aliphatic carbocycles. The lowest BCUT2D eigenvalue weighted by Crippen LogP contribution is -2.30. The van der Waals surface area contributed by atoms with E-state index >= 15 is 0 Å². The van der Waals surface area contributed by atoms with E-state index < -0.39 is 0 Å². The number of rotatable bonds is 2. The van der Waals surface area contributed by atoms with Crippen molar-refractivity contribution in [1.29, 1.82) is 0 Å². The third-order valence-corrected chi connectivity index (χ3v) is 4.11. The molecule has 0 bridgehead atoms. The van der Waals surface area contributed by atoms with Gasteiger partial charge in [0, 0.05) is 12.0 Å². The molecule has 3 nitrogen and oxygen atoms in total. The summed E-state index contributed by atoms with van der Waals surface area (Å²) in [4.78, 5) is 5.87. The number of likely N-dealkylation sites (N-methyl/N-ethyl adjacent to an activating group) is 1. The summed E-state index contributed by atoms with van der Waals surface area (Å²) in [7, 11) is 1.96. The standard InChI is InChI=1S/C10H14N2OS/c1-11-4-7-8-9(12-6-14-8)10(2-3-10)5-13-7/h6-7,11H,2-5H2,1H3. The van der Waals surface area contributed by atoms with E-state index in [0.717, 1.165) is 13.2 Å². The van der Waals surface area contributed by atoms with E-state index in [1.807, 2.05) is 12.6 Å². The Hall–Kier alpha value is -0.450. The van der Waals surface area contributed by atoms with Gasteiger partial charge in [-0.2, -0.15) is 0 Å². The normalized spacial score (nSPS) is 27.6. The lowest BCUT2D eigenvalue weighted by molar-refractivity contribution is 0.0247. The van der Waals surface area contributed by atoms with E-state index in [1.54, 1.807) is 11.3 Å². The topological polar surface area (TPSA) is 34.1 Å². The molecule has 1 saturated carbocycles. The molecule has 1 fully saturated rings. The molecule has 0 aromatic carbocycles.